The molecule has 0 bridgehead atoms. The van der Waals surface area contributed by atoms with E-state index in [2.05, 4.69) is 9.89 Å². The van der Waals surface area contributed by atoms with Gasteiger partial charge in [-0.05, 0) is 45.4 Å². The van der Waals surface area contributed by atoms with Gasteiger partial charge in [-0.1, -0.05) is 12.1 Å². The van der Waals surface area contributed by atoms with Crippen molar-refractivity contribution in [2.75, 3.05) is 20.2 Å². The van der Waals surface area contributed by atoms with Crippen molar-refractivity contribution in [3.63, 3.8) is 0 Å². The molecule has 1 aliphatic rings. The molecule has 1 aromatic rings. The normalized spacial score (nSPS) is 17.9. The van der Waals surface area contributed by atoms with Crippen molar-refractivity contribution < 1.29 is 28.7 Å². The minimum atomic E-state index is -0.741. The second-order valence-electron chi connectivity index (χ2n) is 8.56. The van der Waals surface area contributed by atoms with Crippen molar-refractivity contribution in [1.29, 1.82) is 0 Å². The zero-order valence-electron chi connectivity index (χ0n) is 17.4. The first kappa shape index (κ1) is 22.2. The second-order valence-corrected chi connectivity index (χ2v) is 8.56. The third kappa shape index (κ3) is 6.51. The van der Waals surface area contributed by atoms with Gasteiger partial charge < -0.3 is 24.0 Å². The Labute approximate surface area is 166 Å². The van der Waals surface area contributed by atoms with Crippen LogP contribution in [0, 0.1) is 11.8 Å². The quantitative estimate of drug-likeness (QED) is 0.737. The molecule has 1 fully saturated rings. The predicted octanol–water partition coefficient (Wildman–Crippen LogP) is 3.10. The maximum absolute atomic E-state index is 12.1. The summed E-state index contributed by atoms with van der Waals surface area (Å²) in [4.78, 5) is 25.2. The summed E-state index contributed by atoms with van der Waals surface area (Å²) in [6.45, 7) is 8.54. The van der Waals surface area contributed by atoms with Crippen LogP contribution in [-0.2, 0) is 20.7 Å². The van der Waals surface area contributed by atoms with Gasteiger partial charge in [-0.3, -0.25) is 4.79 Å². The maximum atomic E-state index is 12.1. The Balaban J connectivity index is 1.85. The van der Waals surface area contributed by atoms with Crippen LogP contribution in [0.15, 0.2) is 10.6 Å². The molecule has 28 heavy (non-hydrogen) atoms. The molecule has 2 heterocycles. The molecule has 1 N–H and O–H groups in total. The van der Waals surface area contributed by atoms with Crippen molar-refractivity contribution in [2.45, 2.75) is 65.1 Å². The van der Waals surface area contributed by atoms with E-state index in [-0.39, 0.29) is 23.9 Å². The molecule has 1 aliphatic heterocycles. The van der Waals surface area contributed by atoms with Crippen molar-refractivity contribution in [2.24, 2.45) is 11.8 Å². The zero-order chi connectivity index (χ0) is 20.9. The third-order valence-corrected chi connectivity index (χ3v) is 4.81. The summed E-state index contributed by atoms with van der Waals surface area (Å²) in [5.41, 5.74) is -0.0220. The lowest BCUT2D eigenvalue weighted by atomic mass is 9.89. The van der Waals surface area contributed by atoms with E-state index in [4.69, 9.17) is 9.26 Å². The third-order valence-electron chi connectivity index (χ3n) is 4.81. The second kappa shape index (κ2) is 9.41. The lowest BCUT2D eigenvalue weighted by Crippen LogP contribution is -2.42. The van der Waals surface area contributed by atoms with E-state index in [1.54, 1.807) is 11.0 Å². The lowest BCUT2D eigenvalue weighted by molar-refractivity contribution is -0.141. The van der Waals surface area contributed by atoms with Crippen LogP contribution in [0.3, 0.4) is 0 Å². The first-order valence-corrected chi connectivity index (χ1v) is 9.77. The average molecular weight is 396 g/mol. The summed E-state index contributed by atoms with van der Waals surface area (Å²) < 4.78 is 15.4. The number of hydrogen-bond donors (Lipinski definition) is 1. The number of carbonyl (C=O) groups is 2. The number of likely N-dealkylation sites (tertiary alicyclic amines) is 1. The molecule has 1 amide bonds. The van der Waals surface area contributed by atoms with Gasteiger partial charge in [-0.15, -0.1) is 0 Å². The van der Waals surface area contributed by atoms with E-state index in [1.165, 1.54) is 7.11 Å². The Morgan fingerprint density at radius 1 is 1.36 bits per heavy atom. The Kier molecular flexibility index (Phi) is 7.46. The number of piperidine rings is 1. The largest absolute Gasteiger partial charge is 0.469 e. The molecule has 8 nitrogen and oxygen atoms in total. The fraction of sp³-hybridized carbons (Fsp3) is 0.750. The van der Waals surface area contributed by atoms with Gasteiger partial charge >= 0.3 is 12.1 Å². The highest BCUT2D eigenvalue weighted by Crippen LogP contribution is 2.31. The molecule has 2 atom stereocenters. The van der Waals surface area contributed by atoms with Gasteiger partial charge in [0.05, 0.1) is 7.11 Å². The van der Waals surface area contributed by atoms with Crippen LogP contribution >= 0.6 is 0 Å². The van der Waals surface area contributed by atoms with Crippen LogP contribution in [0.1, 0.15) is 64.5 Å². The number of rotatable bonds is 6. The molecule has 0 radical (unpaired) electrons. The minimum Gasteiger partial charge on any atom is -0.469 e. The highest BCUT2D eigenvalue weighted by atomic mass is 16.6. The first-order chi connectivity index (χ1) is 13.1. The smallest absolute Gasteiger partial charge is 0.410 e. The van der Waals surface area contributed by atoms with Crippen LogP contribution in [0.25, 0.3) is 0 Å². The summed E-state index contributed by atoms with van der Waals surface area (Å²) in [6, 6.07) is 1.75. The van der Waals surface area contributed by atoms with Crippen LogP contribution in [0.4, 0.5) is 4.79 Å². The van der Waals surface area contributed by atoms with Gasteiger partial charge in [-0.25, -0.2) is 4.79 Å². The highest BCUT2D eigenvalue weighted by molar-refractivity contribution is 5.69. The number of aromatic nitrogens is 1. The molecule has 0 aliphatic carbocycles. The van der Waals surface area contributed by atoms with Crippen molar-refractivity contribution in [3.05, 3.63) is 17.5 Å². The van der Waals surface area contributed by atoms with Gasteiger partial charge in [0, 0.05) is 32.0 Å². The van der Waals surface area contributed by atoms with E-state index >= 15 is 0 Å². The minimum absolute atomic E-state index is 0.00382. The molecular formula is C20H32N2O6. The topological polar surface area (TPSA) is 102 Å². The summed E-state index contributed by atoms with van der Waals surface area (Å²) in [5, 5.41) is 14.7. The summed E-state index contributed by atoms with van der Waals surface area (Å²) in [7, 11) is 1.37. The van der Waals surface area contributed by atoms with Crippen molar-refractivity contribution in [1.82, 2.24) is 10.1 Å². The predicted molar refractivity (Wildman–Crippen MR) is 101 cm³/mol. The molecule has 158 valence electrons. The fourth-order valence-corrected chi connectivity index (χ4v) is 3.31. The van der Waals surface area contributed by atoms with Crippen LogP contribution < -0.4 is 0 Å². The number of hydrogen-bond acceptors (Lipinski definition) is 7. The summed E-state index contributed by atoms with van der Waals surface area (Å²) in [6.07, 6.45) is 1.13. The van der Waals surface area contributed by atoms with E-state index in [0.717, 1.165) is 0 Å². The number of esters is 1. The standard InChI is InChI=1S/C20H32N2O6/c1-13(11-17(23)26-5)10-15-12-16(21-28-15)18(24)14-6-8-22(9-7-14)19(25)27-20(2,3)4/h12-14,18,24H,6-11H2,1-5H3/t13-,18?/m1/s1. The molecular weight excluding hydrogens is 364 g/mol. The monoisotopic (exact) mass is 396 g/mol. The number of amides is 1. The number of ether oxygens (including phenoxy) is 2. The average Bonchev–Trinajstić information content (AvgIpc) is 3.07. The highest BCUT2D eigenvalue weighted by Gasteiger charge is 2.32. The molecule has 1 saturated heterocycles. The number of methoxy groups -OCH3 is 1. The lowest BCUT2D eigenvalue weighted by Gasteiger charge is -2.34. The summed E-state index contributed by atoms with van der Waals surface area (Å²) >= 11 is 0. The van der Waals surface area contributed by atoms with E-state index in [1.807, 2.05) is 27.7 Å². The molecule has 0 aromatic carbocycles. The number of aliphatic hydroxyl groups is 1. The number of carbonyl (C=O) groups excluding carboxylic acids is 2. The van der Waals surface area contributed by atoms with Crippen molar-refractivity contribution in [3.8, 4) is 0 Å². The molecule has 8 heteroatoms. The Morgan fingerprint density at radius 2 is 2.00 bits per heavy atom. The van der Waals surface area contributed by atoms with Gasteiger partial charge in [0.15, 0.2) is 0 Å². The van der Waals surface area contributed by atoms with Gasteiger partial charge in [-0.2, -0.15) is 0 Å². The van der Waals surface area contributed by atoms with Gasteiger partial charge in [0.2, 0.25) is 0 Å². The first-order valence-electron chi connectivity index (χ1n) is 9.77. The zero-order valence-corrected chi connectivity index (χ0v) is 17.4. The fourth-order valence-electron chi connectivity index (χ4n) is 3.31. The van der Waals surface area contributed by atoms with Crippen LogP contribution in [-0.4, -0.2) is 53.0 Å². The number of aliphatic hydroxyl groups excluding tert-OH is 1. The van der Waals surface area contributed by atoms with Crippen LogP contribution in [0.5, 0.6) is 0 Å². The SMILES string of the molecule is COC(=O)C[C@H](C)Cc1cc(C(O)C2CCN(C(=O)OC(C)(C)C)CC2)no1. The van der Waals surface area contributed by atoms with E-state index in [0.29, 0.717) is 50.2 Å². The van der Waals surface area contributed by atoms with Gasteiger partial charge in [0.1, 0.15) is 23.2 Å². The summed E-state index contributed by atoms with van der Waals surface area (Å²) in [5.74, 6) is 0.437. The molecule has 1 unspecified atom stereocenters. The molecule has 0 saturated carbocycles. The van der Waals surface area contributed by atoms with E-state index < -0.39 is 11.7 Å². The number of nitrogens with zero attached hydrogens (tertiary/aromatic N) is 2. The molecule has 2 rings (SSSR count). The van der Waals surface area contributed by atoms with Gasteiger partial charge in [0.25, 0.3) is 0 Å². The van der Waals surface area contributed by atoms with E-state index in [9.17, 15) is 14.7 Å². The molecule has 1 aromatic heterocycles. The Morgan fingerprint density at radius 3 is 2.57 bits per heavy atom. The molecule has 0 spiro atoms. The van der Waals surface area contributed by atoms with Crippen molar-refractivity contribution >= 4 is 12.1 Å². The Bertz CT molecular complexity index is 658. The maximum Gasteiger partial charge on any atom is 0.410 e. The van der Waals surface area contributed by atoms with Crippen LogP contribution in [0.2, 0.25) is 0 Å². The Hall–Kier alpha value is -2.09.